The molecule has 1 aromatic rings. The highest BCUT2D eigenvalue weighted by Crippen LogP contribution is 2.39. The quantitative estimate of drug-likeness (QED) is 0.474. The average Bonchev–Trinajstić information content (AvgIpc) is 3.52. The Morgan fingerprint density at radius 3 is 2.72 bits per heavy atom. The van der Waals surface area contributed by atoms with Crippen molar-refractivity contribution in [1.82, 2.24) is 16.0 Å². The minimum absolute atomic E-state index is 0.217. The van der Waals surface area contributed by atoms with Crippen LogP contribution in [0.4, 0.5) is 10.1 Å². The number of carbonyl (C=O) groups is 4. The number of anilines is 1. The van der Waals surface area contributed by atoms with Gasteiger partial charge in [0.25, 0.3) is 5.91 Å². The Kier molecular flexibility index (Phi) is 7.76. The van der Waals surface area contributed by atoms with Gasteiger partial charge < -0.3 is 16.0 Å². The SMILES string of the molecule is CC[C@H](C)[C@H](NC(=O)CF)C(=O)N[C@H]1CCc2cccc3c2N(C1=O)[C@H](C(=O)NCC1=CCN=N1)C3. The molecule has 0 radical (unpaired) electrons. The summed E-state index contributed by atoms with van der Waals surface area (Å²) in [6, 6.07) is 3.11. The van der Waals surface area contributed by atoms with Gasteiger partial charge in [0.2, 0.25) is 17.7 Å². The zero-order chi connectivity index (χ0) is 25.8. The molecule has 0 aliphatic carbocycles. The number of benzene rings is 1. The molecular formula is C25H31FN6O4. The molecule has 0 aromatic heterocycles. The summed E-state index contributed by atoms with van der Waals surface area (Å²) in [7, 11) is 0. The van der Waals surface area contributed by atoms with Gasteiger partial charge in [0.15, 0.2) is 6.67 Å². The molecule has 0 saturated heterocycles. The highest BCUT2D eigenvalue weighted by Gasteiger charge is 2.44. The highest BCUT2D eigenvalue weighted by atomic mass is 19.1. The molecule has 3 aliphatic rings. The molecule has 3 heterocycles. The van der Waals surface area contributed by atoms with Crippen LogP contribution in [0.1, 0.15) is 37.8 Å². The molecule has 0 unspecified atom stereocenters. The monoisotopic (exact) mass is 498 g/mol. The first-order valence-electron chi connectivity index (χ1n) is 12.3. The summed E-state index contributed by atoms with van der Waals surface area (Å²) in [5.74, 6) is -2.39. The Bertz CT molecular complexity index is 1120. The van der Waals surface area contributed by atoms with Gasteiger partial charge in [-0.1, -0.05) is 38.5 Å². The lowest BCUT2D eigenvalue weighted by Gasteiger charge is -2.29. The molecule has 11 heteroatoms. The fourth-order valence-electron chi connectivity index (χ4n) is 4.87. The van der Waals surface area contributed by atoms with Gasteiger partial charge >= 0.3 is 0 Å². The number of hydrogen-bond acceptors (Lipinski definition) is 6. The van der Waals surface area contributed by atoms with Crippen molar-refractivity contribution in [2.45, 2.75) is 57.7 Å². The second kappa shape index (κ2) is 11.0. The normalized spacial score (nSPS) is 21.8. The molecule has 3 aliphatic heterocycles. The number of hydrogen-bond donors (Lipinski definition) is 3. The van der Waals surface area contributed by atoms with Crippen LogP contribution >= 0.6 is 0 Å². The molecule has 4 amide bonds. The lowest BCUT2D eigenvalue weighted by Crippen LogP contribution is -2.58. The van der Waals surface area contributed by atoms with Crippen molar-refractivity contribution in [2.75, 3.05) is 24.7 Å². The summed E-state index contributed by atoms with van der Waals surface area (Å²) < 4.78 is 12.8. The number of para-hydroxylation sites is 1. The zero-order valence-electron chi connectivity index (χ0n) is 20.4. The van der Waals surface area contributed by atoms with E-state index in [1.54, 1.807) is 6.92 Å². The largest absolute Gasteiger partial charge is 0.349 e. The number of nitrogens with zero attached hydrogens (tertiary/aromatic N) is 3. The Hall–Kier alpha value is -3.63. The van der Waals surface area contributed by atoms with Crippen LogP contribution in [0.3, 0.4) is 0 Å². The van der Waals surface area contributed by atoms with E-state index >= 15 is 0 Å². The molecule has 192 valence electrons. The number of aryl methyl sites for hydroxylation is 1. The van der Waals surface area contributed by atoms with Gasteiger partial charge in [-0.3, -0.25) is 24.1 Å². The molecular weight excluding hydrogens is 467 g/mol. The Morgan fingerprint density at radius 2 is 2.03 bits per heavy atom. The van der Waals surface area contributed by atoms with Crippen LogP contribution in [-0.4, -0.2) is 61.5 Å². The fraction of sp³-hybridized carbons (Fsp3) is 0.520. The van der Waals surface area contributed by atoms with Crippen LogP contribution in [0.25, 0.3) is 0 Å². The first-order chi connectivity index (χ1) is 17.3. The summed E-state index contributed by atoms with van der Waals surface area (Å²) in [5, 5.41) is 15.9. The molecule has 36 heavy (non-hydrogen) atoms. The molecule has 1 aromatic carbocycles. The van der Waals surface area contributed by atoms with E-state index in [4.69, 9.17) is 0 Å². The number of halogens is 1. The molecule has 4 atom stereocenters. The summed E-state index contributed by atoms with van der Waals surface area (Å²) in [5.41, 5.74) is 3.23. The van der Waals surface area contributed by atoms with Crippen LogP contribution in [0, 0.1) is 5.92 Å². The summed E-state index contributed by atoms with van der Waals surface area (Å²) in [6.45, 7) is 3.11. The number of rotatable bonds is 9. The molecule has 0 bridgehead atoms. The molecule has 3 N–H and O–H groups in total. The van der Waals surface area contributed by atoms with Crippen molar-refractivity contribution in [2.24, 2.45) is 16.1 Å². The second-order valence-corrected chi connectivity index (χ2v) is 9.35. The number of carbonyl (C=O) groups excluding carboxylic acids is 4. The van der Waals surface area contributed by atoms with E-state index in [1.807, 2.05) is 31.2 Å². The van der Waals surface area contributed by atoms with Gasteiger partial charge in [0, 0.05) is 6.42 Å². The summed E-state index contributed by atoms with van der Waals surface area (Å²) >= 11 is 0. The standard InChI is InChI=1S/C25H31FN6O4/c1-3-14(2)21(30-20(33)12-26)24(35)29-18-8-7-15-5-4-6-16-11-19(32(22(15)16)25(18)36)23(34)27-13-17-9-10-28-31-17/h4-6,9,14,18-19,21H,3,7-8,10-13H2,1-2H3,(H,27,34)(H,29,35)(H,30,33)/t14-,18-,19-,21-/m0/s1. The summed E-state index contributed by atoms with van der Waals surface area (Å²) in [6.07, 6.45) is 3.62. The van der Waals surface area contributed by atoms with Crippen molar-refractivity contribution in [3.8, 4) is 0 Å². The maximum atomic E-state index is 13.8. The van der Waals surface area contributed by atoms with Crippen LogP contribution < -0.4 is 20.9 Å². The average molecular weight is 499 g/mol. The second-order valence-electron chi connectivity index (χ2n) is 9.35. The van der Waals surface area contributed by atoms with Gasteiger partial charge in [-0.05, 0) is 36.0 Å². The maximum absolute atomic E-state index is 13.8. The molecule has 4 rings (SSSR count). The van der Waals surface area contributed by atoms with Crippen LogP contribution in [0.15, 0.2) is 40.2 Å². The third-order valence-electron chi connectivity index (χ3n) is 7.01. The van der Waals surface area contributed by atoms with Gasteiger partial charge in [-0.15, -0.1) is 0 Å². The van der Waals surface area contributed by atoms with Crippen molar-refractivity contribution < 1.29 is 23.6 Å². The minimum atomic E-state index is -1.23. The fourth-order valence-corrected chi connectivity index (χ4v) is 4.87. The molecule has 10 nitrogen and oxygen atoms in total. The summed E-state index contributed by atoms with van der Waals surface area (Å²) in [4.78, 5) is 53.3. The van der Waals surface area contributed by atoms with E-state index in [0.29, 0.717) is 37.9 Å². The third kappa shape index (κ3) is 5.14. The van der Waals surface area contributed by atoms with Crippen molar-refractivity contribution in [1.29, 1.82) is 0 Å². The lowest BCUT2D eigenvalue weighted by atomic mass is 9.97. The Morgan fingerprint density at radius 1 is 1.25 bits per heavy atom. The van der Waals surface area contributed by atoms with Crippen LogP contribution in [-0.2, 0) is 32.0 Å². The van der Waals surface area contributed by atoms with Crippen molar-refractivity contribution in [3.05, 3.63) is 41.1 Å². The minimum Gasteiger partial charge on any atom is -0.349 e. The van der Waals surface area contributed by atoms with Crippen LogP contribution in [0.5, 0.6) is 0 Å². The predicted octanol–water partition coefficient (Wildman–Crippen LogP) is 1.34. The van der Waals surface area contributed by atoms with Crippen LogP contribution in [0.2, 0.25) is 0 Å². The van der Waals surface area contributed by atoms with E-state index in [2.05, 4.69) is 26.2 Å². The number of azo groups is 1. The first kappa shape index (κ1) is 25.5. The smallest absolute Gasteiger partial charge is 0.252 e. The molecule has 0 fully saturated rings. The van der Waals surface area contributed by atoms with E-state index in [1.165, 1.54) is 4.90 Å². The Labute approximate surface area is 208 Å². The lowest BCUT2D eigenvalue weighted by molar-refractivity contribution is -0.133. The molecule has 0 saturated carbocycles. The maximum Gasteiger partial charge on any atom is 0.252 e. The Balaban J connectivity index is 1.55. The van der Waals surface area contributed by atoms with E-state index in [0.717, 1.165) is 16.8 Å². The highest BCUT2D eigenvalue weighted by molar-refractivity contribution is 6.08. The van der Waals surface area contributed by atoms with Gasteiger partial charge in [0.05, 0.1) is 24.5 Å². The van der Waals surface area contributed by atoms with Gasteiger partial charge in [-0.25, -0.2) is 4.39 Å². The number of amides is 4. The van der Waals surface area contributed by atoms with Crippen molar-refractivity contribution in [3.63, 3.8) is 0 Å². The first-order valence-corrected chi connectivity index (χ1v) is 12.3. The topological polar surface area (TPSA) is 132 Å². The van der Waals surface area contributed by atoms with E-state index in [9.17, 15) is 23.6 Å². The predicted molar refractivity (Wildman–Crippen MR) is 130 cm³/mol. The van der Waals surface area contributed by atoms with Gasteiger partial charge in [-0.2, -0.15) is 10.2 Å². The van der Waals surface area contributed by atoms with E-state index < -0.39 is 36.6 Å². The number of nitrogens with one attached hydrogen (secondary N) is 3. The molecule has 0 spiro atoms. The third-order valence-corrected chi connectivity index (χ3v) is 7.01. The van der Waals surface area contributed by atoms with Gasteiger partial charge in [0.1, 0.15) is 18.1 Å². The van der Waals surface area contributed by atoms with E-state index in [-0.39, 0.29) is 24.3 Å². The number of alkyl halides is 1. The zero-order valence-corrected chi connectivity index (χ0v) is 20.4. The van der Waals surface area contributed by atoms with Crippen molar-refractivity contribution >= 4 is 29.3 Å².